The third-order valence-corrected chi connectivity index (χ3v) is 6.52. The van der Waals surface area contributed by atoms with Crippen LogP contribution >= 0.6 is 0 Å². The highest BCUT2D eigenvalue weighted by Gasteiger charge is 2.21. The summed E-state index contributed by atoms with van der Waals surface area (Å²) in [5.41, 5.74) is 3.14. The van der Waals surface area contributed by atoms with Crippen LogP contribution in [-0.4, -0.2) is 77.2 Å². The highest BCUT2D eigenvalue weighted by atomic mass is 16.6. The second-order valence-electron chi connectivity index (χ2n) is 10.8. The highest BCUT2D eigenvalue weighted by Crippen LogP contribution is 2.24. The third-order valence-electron chi connectivity index (χ3n) is 6.52. The van der Waals surface area contributed by atoms with Crippen molar-refractivity contribution >= 4 is 29.3 Å². The van der Waals surface area contributed by atoms with Gasteiger partial charge in [0.05, 0.1) is 4.92 Å². The van der Waals surface area contributed by atoms with E-state index in [1.807, 2.05) is 24.3 Å². The molecule has 216 valence electrons. The van der Waals surface area contributed by atoms with Crippen LogP contribution in [0.15, 0.2) is 60.9 Å². The van der Waals surface area contributed by atoms with Crippen molar-refractivity contribution in [2.75, 3.05) is 49.6 Å². The summed E-state index contributed by atoms with van der Waals surface area (Å²) < 4.78 is 5.17. The average molecular weight is 562 g/mol. The van der Waals surface area contributed by atoms with E-state index in [1.54, 1.807) is 57.2 Å². The number of carbonyl (C=O) groups is 2. The molecule has 0 unspecified atom stereocenters. The van der Waals surface area contributed by atoms with Crippen LogP contribution in [0, 0.1) is 10.1 Å². The van der Waals surface area contributed by atoms with Crippen molar-refractivity contribution < 1.29 is 19.2 Å². The molecule has 0 atom stereocenters. The van der Waals surface area contributed by atoms with Crippen LogP contribution in [0.25, 0.3) is 11.1 Å². The molecule has 1 N–H and O–H groups in total. The third kappa shape index (κ3) is 8.13. The molecule has 41 heavy (non-hydrogen) atoms. The number of rotatable bonds is 8. The van der Waals surface area contributed by atoms with Gasteiger partial charge in [0.25, 0.3) is 5.69 Å². The van der Waals surface area contributed by atoms with E-state index in [0.29, 0.717) is 12.5 Å². The van der Waals surface area contributed by atoms with E-state index in [4.69, 9.17) is 4.74 Å². The molecule has 2 amide bonds. The first-order chi connectivity index (χ1) is 19.5. The predicted octanol–water partition coefficient (Wildman–Crippen LogP) is 3.86. The van der Waals surface area contributed by atoms with Crippen LogP contribution < -0.4 is 15.1 Å². The Morgan fingerprint density at radius 1 is 1.00 bits per heavy atom. The van der Waals surface area contributed by atoms with E-state index < -0.39 is 16.6 Å². The van der Waals surface area contributed by atoms with Gasteiger partial charge in [-0.3, -0.25) is 14.9 Å². The molecule has 12 nitrogen and oxygen atoms in total. The summed E-state index contributed by atoms with van der Waals surface area (Å²) in [6, 6.07) is 14.4. The fourth-order valence-electron chi connectivity index (χ4n) is 4.39. The zero-order chi connectivity index (χ0) is 29.6. The van der Waals surface area contributed by atoms with Crippen molar-refractivity contribution in [2.24, 2.45) is 0 Å². The van der Waals surface area contributed by atoms with Crippen molar-refractivity contribution in [3.63, 3.8) is 0 Å². The summed E-state index contributed by atoms with van der Waals surface area (Å²) in [6.45, 7) is 8.49. The number of ether oxygens (including phenoxy) is 1. The summed E-state index contributed by atoms with van der Waals surface area (Å²) in [5, 5.41) is 13.4. The monoisotopic (exact) mass is 561 g/mol. The number of alkyl carbamates (subject to hydrolysis) is 1. The molecule has 0 spiro atoms. The lowest BCUT2D eigenvalue weighted by atomic mass is 10.1. The molecule has 12 heteroatoms. The number of non-ortho nitro benzene ring substituents is 1. The summed E-state index contributed by atoms with van der Waals surface area (Å²) in [5.74, 6) is 0.415. The van der Waals surface area contributed by atoms with Crippen LogP contribution in [0.4, 0.5) is 22.1 Å². The smallest absolute Gasteiger partial charge is 0.408 e. The van der Waals surface area contributed by atoms with Gasteiger partial charge in [-0.25, -0.2) is 14.8 Å². The van der Waals surface area contributed by atoms with Gasteiger partial charge in [-0.15, -0.1) is 0 Å². The molecular formula is C29H35N7O5. The number of likely N-dealkylation sites (N-methyl/N-ethyl adjacent to an activating group) is 1. The standard InChI is InChI=1S/C29H35N7O5/c1-29(2,3)41-28(38)32-19-26(37)33(4)20-21-6-5-7-22(16-21)23-17-30-27(31-18-23)35-14-12-34(13-15-35)24-8-10-25(11-9-24)36(39)40/h5-11,16-18H,12-15,19-20H2,1-4H3,(H,32,38). The number of carbonyl (C=O) groups excluding carboxylic acids is 2. The minimum absolute atomic E-state index is 0.0829. The number of benzene rings is 2. The lowest BCUT2D eigenvalue weighted by Crippen LogP contribution is -2.47. The Hall–Kier alpha value is -4.74. The molecule has 1 saturated heterocycles. The summed E-state index contributed by atoms with van der Waals surface area (Å²) in [6.07, 6.45) is 2.96. The lowest BCUT2D eigenvalue weighted by molar-refractivity contribution is -0.384. The number of hydrogen-bond donors (Lipinski definition) is 1. The van der Waals surface area contributed by atoms with Gasteiger partial charge in [0.15, 0.2) is 0 Å². The SMILES string of the molecule is CN(Cc1cccc(-c2cnc(N3CCN(c4ccc([N+](=O)[O-])cc4)CC3)nc2)c1)C(=O)CNC(=O)OC(C)(C)C. The minimum Gasteiger partial charge on any atom is -0.444 e. The number of amides is 2. The first-order valence-electron chi connectivity index (χ1n) is 13.3. The van der Waals surface area contributed by atoms with Crippen molar-refractivity contribution in [1.29, 1.82) is 0 Å². The van der Waals surface area contributed by atoms with Gasteiger partial charge in [0.1, 0.15) is 12.1 Å². The topological polar surface area (TPSA) is 134 Å². The molecular weight excluding hydrogens is 526 g/mol. The van der Waals surface area contributed by atoms with Gasteiger partial charge < -0.3 is 24.8 Å². The van der Waals surface area contributed by atoms with E-state index in [9.17, 15) is 19.7 Å². The Morgan fingerprint density at radius 2 is 1.63 bits per heavy atom. The number of nitro benzene ring substituents is 1. The van der Waals surface area contributed by atoms with Crippen molar-refractivity contribution in [3.8, 4) is 11.1 Å². The maximum Gasteiger partial charge on any atom is 0.408 e. The quantitative estimate of drug-likeness (QED) is 0.321. The van der Waals surface area contributed by atoms with Crippen molar-refractivity contribution in [1.82, 2.24) is 20.2 Å². The van der Waals surface area contributed by atoms with Crippen molar-refractivity contribution in [2.45, 2.75) is 32.9 Å². The Kier molecular flexibility index (Phi) is 9.00. The molecule has 0 bridgehead atoms. The molecule has 0 aliphatic carbocycles. The van der Waals surface area contributed by atoms with Gasteiger partial charge in [-0.2, -0.15) is 0 Å². The molecule has 2 aromatic carbocycles. The summed E-state index contributed by atoms with van der Waals surface area (Å²) in [7, 11) is 1.69. The maximum atomic E-state index is 12.5. The number of piperazine rings is 1. The Balaban J connectivity index is 1.30. The first kappa shape index (κ1) is 29.2. The Morgan fingerprint density at radius 3 is 2.24 bits per heavy atom. The first-order valence-corrected chi connectivity index (χ1v) is 13.3. The van der Waals surface area contributed by atoms with Gasteiger partial charge in [0, 0.05) is 75.5 Å². The molecule has 0 radical (unpaired) electrons. The molecule has 4 rings (SSSR count). The zero-order valence-corrected chi connectivity index (χ0v) is 23.7. The van der Waals surface area contributed by atoms with E-state index in [-0.39, 0.29) is 18.1 Å². The molecule has 1 fully saturated rings. The van der Waals surface area contributed by atoms with E-state index >= 15 is 0 Å². The van der Waals surface area contributed by atoms with Gasteiger partial charge in [-0.05, 0) is 50.1 Å². The minimum atomic E-state index is -0.631. The van der Waals surface area contributed by atoms with E-state index in [0.717, 1.165) is 48.6 Å². The van der Waals surface area contributed by atoms with Gasteiger partial charge in [-0.1, -0.05) is 18.2 Å². The molecule has 2 heterocycles. The van der Waals surface area contributed by atoms with Crippen LogP contribution in [-0.2, 0) is 16.1 Å². The highest BCUT2D eigenvalue weighted by molar-refractivity contribution is 5.82. The fraction of sp³-hybridized carbons (Fsp3) is 0.379. The van der Waals surface area contributed by atoms with Gasteiger partial charge >= 0.3 is 6.09 Å². The molecule has 1 aromatic heterocycles. The summed E-state index contributed by atoms with van der Waals surface area (Å²) >= 11 is 0. The average Bonchev–Trinajstić information content (AvgIpc) is 2.95. The Bertz CT molecular complexity index is 1370. The number of hydrogen-bond acceptors (Lipinski definition) is 9. The fourth-order valence-corrected chi connectivity index (χ4v) is 4.39. The van der Waals surface area contributed by atoms with Crippen LogP contribution in [0.2, 0.25) is 0 Å². The van der Waals surface area contributed by atoms with Crippen LogP contribution in [0.1, 0.15) is 26.3 Å². The zero-order valence-electron chi connectivity index (χ0n) is 23.7. The maximum absolute atomic E-state index is 12.5. The lowest BCUT2D eigenvalue weighted by Gasteiger charge is -2.36. The Labute approximate surface area is 239 Å². The van der Waals surface area contributed by atoms with E-state index in [1.165, 1.54) is 12.1 Å². The molecule has 3 aromatic rings. The summed E-state index contributed by atoms with van der Waals surface area (Å²) in [4.78, 5) is 49.9. The number of nitro groups is 1. The number of nitrogens with zero attached hydrogens (tertiary/aromatic N) is 6. The molecule has 0 saturated carbocycles. The number of aromatic nitrogens is 2. The largest absolute Gasteiger partial charge is 0.444 e. The van der Waals surface area contributed by atoms with E-state index in [2.05, 4.69) is 25.1 Å². The second kappa shape index (κ2) is 12.6. The van der Waals surface area contributed by atoms with Gasteiger partial charge in [0.2, 0.25) is 11.9 Å². The number of anilines is 2. The van der Waals surface area contributed by atoms with Crippen molar-refractivity contribution in [3.05, 3.63) is 76.6 Å². The number of nitrogens with one attached hydrogen (secondary N) is 1. The normalized spacial score (nSPS) is 13.5. The predicted molar refractivity (Wildman–Crippen MR) is 156 cm³/mol. The van der Waals surface area contributed by atoms with Crippen LogP contribution in [0.3, 0.4) is 0 Å². The van der Waals surface area contributed by atoms with Crippen LogP contribution in [0.5, 0.6) is 0 Å². The second-order valence-corrected chi connectivity index (χ2v) is 10.8. The molecule has 1 aliphatic heterocycles. The molecule has 1 aliphatic rings.